The topological polar surface area (TPSA) is 104 Å². The first-order chi connectivity index (χ1) is 16.2. The Labute approximate surface area is 193 Å². The molecule has 0 saturated carbocycles. The van der Waals surface area contributed by atoms with Crippen LogP contribution < -0.4 is 9.42 Å². The number of hydrogen-bond acceptors (Lipinski definition) is 9. The van der Waals surface area contributed by atoms with Gasteiger partial charge in [-0.2, -0.15) is 5.10 Å². The molecule has 2 aliphatic rings. The molecule has 0 aromatic carbocycles. The molecule has 33 heavy (non-hydrogen) atoms. The molecule has 176 valence electrons. The van der Waals surface area contributed by atoms with Gasteiger partial charge in [0.05, 0.1) is 24.9 Å². The minimum atomic E-state index is -2.07. The molecule has 0 spiro atoms. The van der Waals surface area contributed by atoms with Crippen LogP contribution in [-0.2, 0) is 14.0 Å². The minimum absolute atomic E-state index is 0.127. The lowest BCUT2D eigenvalue weighted by molar-refractivity contribution is -0.0383. The first-order valence-electron chi connectivity index (χ1n) is 11.2. The average Bonchev–Trinajstić information content (AvgIpc) is 3.34. The van der Waals surface area contributed by atoms with Crippen molar-refractivity contribution in [1.82, 2.24) is 19.7 Å². The van der Waals surface area contributed by atoms with E-state index in [0.717, 1.165) is 42.8 Å². The van der Waals surface area contributed by atoms with E-state index < -0.39 is 8.60 Å². The second kappa shape index (κ2) is 9.87. The van der Waals surface area contributed by atoms with E-state index in [1.165, 1.54) is 7.11 Å². The van der Waals surface area contributed by atoms with Gasteiger partial charge in [0.1, 0.15) is 22.8 Å². The summed E-state index contributed by atoms with van der Waals surface area (Å²) in [6.45, 7) is 4.77. The zero-order valence-electron chi connectivity index (χ0n) is 18.8. The first-order valence-corrected chi connectivity index (χ1v) is 12.3. The Morgan fingerprint density at radius 1 is 1.21 bits per heavy atom. The van der Waals surface area contributed by atoms with Crippen LogP contribution >= 0.6 is 8.60 Å². The van der Waals surface area contributed by atoms with Gasteiger partial charge in [-0.05, 0) is 38.3 Å². The Balaban J connectivity index is 1.65. The maximum atomic E-state index is 10.1. The van der Waals surface area contributed by atoms with E-state index in [0.29, 0.717) is 36.7 Å². The van der Waals surface area contributed by atoms with E-state index >= 15 is 0 Å². The van der Waals surface area contributed by atoms with Gasteiger partial charge in [-0.25, -0.2) is 9.67 Å². The van der Waals surface area contributed by atoms with E-state index in [-0.39, 0.29) is 12.3 Å². The van der Waals surface area contributed by atoms with Crippen LogP contribution in [0.25, 0.3) is 22.3 Å². The maximum Gasteiger partial charge on any atom is 0.394 e. The highest BCUT2D eigenvalue weighted by molar-refractivity contribution is 7.41. The van der Waals surface area contributed by atoms with Crippen molar-refractivity contribution in [1.29, 1.82) is 0 Å². The van der Waals surface area contributed by atoms with Crippen LogP contribution in [0, 0.1) is 0 Å². The van der Waals surface area contributed by atoms with Crippen molar-refractivity contribution < 1.29 is 23.4 Å². The van der Waals surface area contributed by atoms with Crippen LogP contribution in [0.4, 0.5) is 5.82 Å². The van der Waals surface area contributed by atoms with Crippen molar-refractivity contribution in [3.8, 4) is 17.1 Å². The van der Waals surface area contributed by atoms with E-state index in [4.69, 9.17) is 23.5 Å². The third-order valence-corrected chi connectivity index (χ3v) is 6.68. The number of hydrogen-bond donors (Lipinski definition) is 1. The summed E-state index contributed by atoms with van der Waals surface area (Å²) in [5.41, 5.74) is 2.18. The zero-order chi connectivity index (χ0) is 22.8. The van der Waals surface area contributed by atoms with Crippen molar-refractivity contribution in [2.24, 2.45) is 0 Å². The monoisotopic (exact) mass is 473 g/mol. The highest BCUT2D eigenvalue weighted by Crippen LogP contribution is 2.41. The van der Waals surface area contributed by atoms with Crippen LogP contribution in [0.2, 0.25) is 0 Å². The molecular formula is C22H28N5O5P. The highest BCUT2D eigenvalue weighted by Gasteiger charge is 2.26. The lowest BCUT2D eigenvalue weighted by Gasteiger charge is -2.34. The summed E-state index contributed by atoms with van der Waals surface area (Å²) in [7, 11) is -0.656. The quantitative estimate of drug-likeness (QED) is 0.537. The minimum Gasteiger partial charge on any atom is -0.426 e. The molecule has 3 aromatic heterocycles. The second-order valence-corrected chi connectivity index (χ2v) is 9.17. The van der Waals surface area contributed by atoms with E-state index in [2.05, 4.69) is 21.9 Å². The van der Waals surface area contributed by atoms with Crippen LogP contribution in [0.15, 0.2) is 30.6 Å². The van der Waals surface area contributed by atoms with Crippen molar-refractivity contribution in [3.05, 3.63) is 30.6 Å². The third kappa shape index (κ3) is 4.54. The van der Waals surface area contributed by atoms with Crippen molar-refractivity contribution in [3.63, 3.8) is 0 Å². The normalized spacial score (nSPS) is 22.5. The molecule has 3 aromatic rings. The second-order valence-electron chi connectivity index (χ2n) is 8.15. The fourth-order valence-electron chi connectivity index (χ4n) is 4.35. The molecule has 2 unspecified atom stereocenters. The fraction of sp³-hybridized carbons (Fsp3) is 0.500. The number of aromatic nitrogens is 4. The Hall–Kier alpha value is -2.36. The number of fused-ring (bicyclic) bond motifs is 1. The van der Waals surface area contributed by atoms with Gasteiger partial charge in [-0.1, -0.05) is 0 Å². The molecule has 0 radical (unpaired) electrons. The summed E-state index contributed by atoms with van der Waals surface area (Å²) < 4.78 is 24.3. The molecule has 5 heterocycles. The number of rotatable bonds is 6. The molecular weight excluding hydrogens is 445 g/mol. The van der Waals surface area contributed by atoms with Gasteiger partial charge in [0, 0.05) is 44.1 Å². The van der Waals surface area contributed by atoms with Crippen LogP contribution in [-0.4, -0.2) is 64.2 Å². The largest absolute Gasteiger partial charge is 0.426 e. The fourth-order valence-corrected chi connectivity index (χ4v) is 4.75. The molecule has 3 atom stereocenters. The lowest BCUT2D eigenvalue weighted by Crippen LogP contribution is -2.44. The number of nitrogens with zero attached hydrogens (tertiary/aromatic N) is 5. The SMILES string of the molecule is COP(O)Oc1cc(N2CCOC[C@H]2C)nc2c(-c3ccnn3C3CCCCO3)nccc12. The Kier molecular flexibility index (Phi) is 6.71. The standard InChI is InChI=1S/C22H28N5O5P/c1-15-14-30-12-10-26(15)19-13-18(32-33(28)29-2)16-6-8-23-22(21(16)25-19)17-7-9-24-27(17)20-5-3-4-11-31-20/h6-9,13,15,20,28H,3-5,10-12,14H2,1-2H3/t15-,20?,33?/m1/s1. The van der Waals surface area contributed by atoms with Crippen molar-refractivity contribution in [2.45, 2.75) is 38.5 Å². The summed E-state index contributed by atoms with van der Waals surface area (Å²) in [6.07, 6.45) is 6.41. The van der Waals surface area contributed by atoms with Crippen molar-refractivity contribution in [2.75, 3.05) is 38.4 Å². The highest BCUT2D eigenvalue weighted by atomic mass is 31.2. The van der Waals surface area contributed by atoms with E-state index in [9.17, 15) is 4.89 Å². The van der Waals surface area contributed by atoms with Crippen LogP contribution in [0.5, 0.6) is 5.75 Å². The Morgan fingerprint density at radius 2 is 2.12 bits per heavy atom. The van der Waals surface area contributed by atoms with Gasteiger partial charge in [-0.15, -0.1) is 0 Å². The molecule has 0 amide bonds. The van der Waals surface area contributed by atoms with Crippen LogP contribution in [0.1, 0.15) is 32.4 Å². The zero-order valence-corrected chi connectivity index (χ0v) is 19.6. The predicted octanol–water partition coefficient (Wildman–Crippen LogP) is 3.66. The summed E-state index contributed by atoms with van der Waals surface area (Å²) in [6, 6.07) is 5.76. The molecule has 5 rings (SSSR count). The van der Waals surface area contributed by atoms with E-state index in [1.54, 1.807) is 12.4 Å². The van der Waals surface area contributed by atoms with Gasteiger partial charge < -0.3 is 28.3 Å². The third-order valence-electron chi connectivity index (χ3n) is 6.01. The molecule has 10 nitrogen and oxygen atoms in total. The lowest BCUT2D eigenvalue weighted by atomic mass is 10.1. The van der Waals surface area contributed by atoms with Gasteiger partial charge in [0.25, 0.3) is 0 Å². The molecule has 11 heteroatoms. The number of morpholine rings is 1. The summed E-state index contributed by atoms with van der Waals surface area (Å²) in [5.74, 6) is 1.23. The number of anilines is 1. The van der Waals surface area contributed by atoms with Gasteiger partial charge in [-0.3, -0.25) is 4.98 Å². The number of ether oxygens (including phenoxy) is 2. The van der Waals surface area contributed by atoms with Crippen molar-refractivity contribution >= 4 is 25.3 Å². The molecule has 2 saturated heterocycles. The smallest absolute Gasteiger partial charge is 0.394 e. The van der Waals surface area contributed by atoms with Gasteiger partial charge >= 0.3 is 8.60 Å². The van der Waals surface area contributed by atoms with Gasteiger partial charge in [0.2, 0.25) is 0 Å². The average molecular weight is 473 g/mol. The van der Waals surface area contributed by atoms with Gasteiger partial charge in [0.15, 0.2) is 6.23 Å². The number of pyridine rings is 2. The Bertz CT molecular complexity index is 1110. The molecule has 1 N–H and O–H groups in total. The summed E-state index contributed by atoms with van der Waals surface area (Å²) in [5, 5.41) is 5.28. The van der Waals surface area contributed by atoms with E-state index in [1.807, 2.05) is 22.9 Å². The molecule has 2 aliphatic heterocycles. The summed E-state index contributed by atoms with van der Waals surface area (Å²) in [4.78, 5) is 22.0. The molecule has 0 bridgehead atoms. The molecule has 2 fully saturated rings. The van der Waals surface area contributed by atoms with Crippen LogP contribution in [0.3, 0.4) is 0 Å². The Morgan fingerprint density at radius 3 is 2.91 bits per heavy atom. The molecule has 0 aliphatic carbocycles. The first kappa shape index (κ1) is 22.4. The predicted molar refractivity (Wildman–Crippen MR) is 124 cm³/mol. The summed E-state index contributed by atoms with van der Waals surface area (Å²) >= 11 is 0. The maximum absolute atomic E-state index is 10.1.